The van der Waals surface area contributed by atoms with Gasteiger partial charge in [0.1, 0.15) is 0 Å². The van der Waals surface area contributed by atoms with Crippen LogP contribution in [-0.2, 0) is 0 Å². The molecule has 1 heteroatoms. The first-order chi connectivity index (χ1) is 7.77. The van der Waals surface area contributed by atoms with Crippen LogP contribution in [0.4, 0.5) is 5.69 Å². The molecule has 1 aromatic rings. The fourth-order valence-corrected chi connectivity index (χ4v) is 1.82. The monoisotopic (exact) mass is 219 g/mol. The van der Waals surface area contributed by atoms with Gasteiger partial charge in [-0.25, -0.2) is 0 Å². The molecule has 90 valence electrons. The highest BCUT2D eigenvalue weighted by molar-refractivity contribution is 5.47. The van der Waals surface area contributed by atoms with Gasteiger partial charge < -0.3 is 4.90 Å². The molecule has 0 saturated heterocycles. The van der Waals surface area contributed by atoms with Crippen molar-refractivity contribution in [2.24, 2.45) is 0 Å². The second-order valence-electron chi connectivity index (χ2n) is 4.53. The molecule has 1 nitrogen and oxygen atoms in total. The third-order valence-electron chi connectivity index (χ3n) is 2.96. The predicted octanol–water partition coefficient (Wildman–Crippen LogP) is 4.40. The smallest absolute Gasteiger partial charge is 0.0366 e. The fourth-order valence-electron chi connectivity index (χ4n) is 1.82. The highest BCUT2D eigenvalue weighted by atomic mass is 15.1. The maximum atomic E-state index is 2.52. The molecular weight excluding hydrogens is 194 g/mol. The number of benzene rings is 1. The van der Waals surface area contributed by atoms with Crippen molar-refractivity contribution >= 4 is 5.69 Å². The van der Waals surface area contributed by atoms with E-state index in [2.05, 4.69) is 49.9 Å². The lowest BCUT2D eigenvalue weighted by Gasteiger charge is -2.24. The minimum Gasteiger partial charge on any atom is -0.372 e. The summed E-state index contributed by atoms with van der Waals surface area (Å²) < 4.78 is 0. The number of nitrogens with zero attached hydrogens (tertiary/aromatic N) is 1. The molecule has 0 spiro atoms. The van der Waals surface area contributed by atoms with E-state index in [-0.39, 0.29) is 0 Å². The van der Waals surface area contributed by atoms with Crippen LogP contribution in [0.25, 0.3) is 0 Å². The Morgan fingerprint density at radius 3 is 1.81 bits per heavy atom. The first kappa shape index (κ1) is 13.1. The number of aryl methyl sites for hydroxylation is 1. The normalized spacial score (nSPS) is 10.4. The summed E-state index contributed by atoms with van der Waals surface area (Å²) in [4.78, 5) is 2.52. The Kier molecular flexibility index (Phi) is 5.99. The Labute approximate surface area is 100 Å². The van der Waals surface area contributed by atoms with Gasteiger partial charge in [0.05, 0.1) is 0 Å². The van der Waals surface area contributed by atoms with E-state index >= 15 is 0 Å². The zero-order chi connectivity index (χ0) is 11.8. The molecule has 16 heavy (non-hydrogen) atoms. The maximum absolute atomic E-state index is 2.52. The van der Waals surface area contributed by atoms with Crippen LogP contribution >= 0.6 is 0 Å². The summed E-state index contributed by atoms with van der Waals surface area (Å²) in [6.45, 7) is 9.05. The van der Waals surface area contributed by atoms with Crippen LogP contribution in [0.5, 0.6) is 0 Å². The second-order valence-corrected chi connectivity index (χ2v) is 4.53. The largest absolute Gasteiger partial charge is 0.372 e. The van der Waals surface area contributed by atoms with Crippen molar-refractivity contribution in [2.75, 3.05) is 18.0 Å². The molecule has 0 aliphatic rings. The van der Waals surface area contributed by atoms with Crippen molar-refractivity contribution < 1.29 is 0 Å². The van der Waals surface area contributed by atoms with E-state index in [0.717, 1.165) is 0 Å². The van der Waals surface area contributed by atoms with Crippen LogP contribution in [0.3, 0.4) is 0 Å². The van der Waals surface area contributed by atoms with E-state index in [0.29, 0.717) is 0 Å². The second kappa shape index (κ2) is 7.32. The summed E-state index contributed by atoms with van der Waals surface area (Å²) in [5, 5.41) is 0. The molecule has 0 heterocycles. The molecule has 0 saturated carbocycles. The molecule has 0 atom stereocenters. The van der Waals surface area contributed by atoms with Gasteiger partial charge in [-0.3, -0.25) is 0 Å². The number of unbranched alkanes of at least 4 members (excludes halogenated alkanes) is 2. The van der Waals surface area contributed by atoms with Gasteiger partial charge in [0, 0.05) is 18.8 Å². The lowest BCUT2D eigenvalue weighted by atomic mass is 10.2. The maximum Gasteiger partial charge on any atom is 0.0366 e. The average molecular weight is 219 g/mol. The van der Waals surface area contributed by atoms with Crippen molar-refractivity contribution in [1.29, 1.82) is 0 Å². The number of hydrogen-bond donors (Lipinski definition) is 0. The Bertz CT molecular complexity index is 268. The molecule has 0 radical (unpaired) electrons. The Balaban J connectivity index is 2.62. The average Bonchev–Trinajstić information content (AvgIpc) is 2.31. The Morgan fingerprint density at radius 1 is 0.875 bits per heavy atom. The fraction of sp³-hybridized carbons (Fsp3) is 0.600. The van der Waals surface area contributed by atoms with Crippen molar-refractivity contribution in [3.05, 3.63) is 29.8 Å². The van der Waals surface area contributed by atoms with Crippen molar-refractivity contribution in [1.82, 2.24) is 0 Å². The van der Waals surface area contributed by atoms with Crippen molar-refractivity contribution in [3.63, 3.8) is 0 Å². The van der Waals surface area contributed by atoms with Gasteiger partial charge >= 0.3 is 0 Å². The van der Waals surface area contributed by atoms with Gasteiger partial charge in [0.2, 0.25) is 0 Å². The first-order valence-corrected chi connectivity index (χ1v) is 6.59. The first-order valence-electron chi connectivity index (χ1n) is 6.59. The molecule has 0 aliphatic carbocycles. The van der Waals surface area contributed by atoms with Crippen LogP contribution in [0, 0.1) is 6.92 Å². The van der Waals surface area contributed by atoms with Crippen LogP contribution in [0.2, 0.25) is 0 Å². The summed E-state index contributed by atoms with van der Waals surface area (Å²) >= 11 is 0. The molecule has 0 N–H and O–H groups in total. The highest BCUT2D eigenvalue weighted by Crippen LogP contribution is 2.16. The van der Waals surface area contributed by atoms with Gasteiger partial charge in [-0.2, -0.15) is 0 Å². The third kappa shape index (κ3) is 4.26. The zero-order valence-electron chi connectivity index (χ0n) is 11.0. The van der Waals surface area contributed by atoms with E-state index in [1.807, 2.05) is 0 Å². The topological polar surface area (TPSA) is 3.24 Å². The minimum atomic E-state index is 1.19. The van der Waals surface area contributed by atoms with Gasteiger partial charge in [-0.15, -0.1) is 0 Å². The minimum absolute atomic E-state index is 1.19. The summed E-state index contributed by atoms with van der Waals surface area (Å²) in [5.41, 5.74) is 2.72. The summed E-state index contributed by atoms with van der Waals surface area (Å²) in [7, 11) is 0. The molecular formula is C15H25N. The predicted molar refractivity (Wildman–Crippen MR) is 73.2 cm³/mol. The summed E-state index contributed by atoms with van der Waals surface area (Å²) in [6.07, 6.45) is 5.12. The Morgan fingerprint density at radius 2 is 1.38 bits per heavy atom. The molecule has 0 bridgehead atoms. The van der Waals surface area contributed by atoms with Gasteiger partial charge in [0.25, 0.3) is 0 Å². The van der Waals surface area contributed by atoms with Crippen LogP contribution < -0.4 is 4.90 Å². The van der Waals surface area contributed by atoms with E-state index in [9.17, 15) is 0 Å². The van der Waals surface area contributed by atoms with Crippen LogP contribution in [0.1, 0.15) is 45.1 Å². The molecule has 1 aromatic carbocycles. The summed E-state index contributed by atoms with van der Waals surface area (Å²) in [5.74, 6) is 0. The van der Waals surface area contributed by atoms with E-state index in [4.69, 9.17) is 0 Å². The number of rotatable bonds is 7. The molecule has 1 rings (SSSR count). The SMILES string of the molecule is CCCCN(CCCC)c1ccc(C)cc1. The van der Waals surface area contributed by atoms with Gasteiger partial charge in [-0.1, -0.05) is 44.4 Å². The van der Waals surface area contributed by atoms with E-state index in [1.165, 1.54) is 50.0 Å². The molecule has 0 aromatic heterocycles. The lowest BCUT2D eigenvalue weighted by molar-refractivity contribution is 0.678. The van der Waals surface area contributed by atoms with E-state index < -0.39 is 0 Å². The van der Waals surface area contributed by atoms with E-state index in [1.54, 1.807) is 0 Å². The zero-order valence-corrected chi connectivity index (χ0v) is 11.0. The number of anilines is 1. The molecule has 0 amide bonds. The van der Waals surface area contributed by atoms with Crippen LogP contribution in [-0.4, -0.2) is 13.1 Å². The van der Waals surface area contributed by atoms with Gasteiger partial charge in [-0.05, 0) is 31.9 Å². The quantitative estimate of drug-likeness (QED) is 0.657. The molecule has 0 fully saturated rings. The standard InChI is InChI=1S/C15H25N/c1-4-6-12-16(13-7-5-2)15-10-8-14(3)9-11-15/h8-11H,4-7,12-13H2,1-3H3. The molecule has 0 aliphatic heterocycles. The Hall–Kier alpha value is -0.980. The number of hydrogen-bond acceptors (Lipinski definition) is 1. The summed E-state index contributed by atoms with van der Waals surface area (Å²) in [6, 6.07) is 8.92. The highest BCUT2D eigenvalue weighted by Gasteiger charge is 2.04. The van der Waals surface area contributed by atoms with Crippen molar-refractivity contribution in [2.45, 2.75) is 46.5 Å². The van der Waals surface area contributed by atoms with Gasteiger partial charge in [0.15, 0.2) is 0 Å². The lowest BCUT2D eigenvalue weighted by Crippen LogP contribution is -2.25. The third-order valence-corrected chi connectivity index (χ3v) is 2.96. The molecule has 0 unspecified atom stereocenters. The van der Waals surface area contributed by atoms with Crippen molar-refractivity contribution in [3.8, 4) is 0 Å². The van der Waals surface area contributed by atoms with Crippen LogP contribution in [0.15, 0.2) is 24.3 Å².